The normalized spacial score (nSPS) is 17.6. The number of carbonyl (C=O) groups is 2. The van der Waals surface area contributed by atoms with Gasteiger partial charge >= 0.3 is 0 Å². The monoisotopic (exact) mass is 439 g/mol. The summed E-state index contributed by atoms with van der Waals surface area (Å²) in [5, 5.41) is 11.1. The second-order valence-corrected chi connectivity index (χ2v) is 7.55. The maximum absolute atomic E-state index is 13.0. The van der Waals surface area contributed by atoms with Gasteiger partial charge in [-0.05, 0) is 38.0 Å². The number of aryl methyl sites for hydroxylation is 1. The number of hydrogen-bond donors (Lipinski definition) is 1. The summed E-state index contributed by atoms with van der Waals surface area (Å²) in [5.74, 6) is -0.503. The van der Waals surface area contributed by atoms with Crippen molar-refractivity contribution in [2.24, 2.45) is 0 Å². The first kappa shape index (κ1) is 23.3. The Hall–Kier alpha value is -3.32. The number of aliphatic hydroxyl groups is 1. The van der Waals surface area contributed by atoms with Crippen molar-refractivity contribution in [3.05, 3.63) is 64.7 Å². The molecular formula is C25H29NO6. The molecule has 0 radical (unpaired) electrons. The van der Waals surface area contributed by atoms with Gasteiger partial charge in [0.05, 0.1) is 25.3 Å². The highest BCUT2D eigenvalue weighted by Crippen LogP contribution is 2.42. The standard InChI is InChI=1S/C25H29NO6/c1-5-32-19-12-11-18(15-20(19)31-4)22-21(23(27)17-9-7-16(2)8-10-17)24(28)25(29)26(22)13-6-14-30-3/h7-12,15,22,27H,5-6,13-14H2,1-4H3. The second kappa shape index (κ2) is 10.3. The Morgan fingerprint density at radius 3 is 2.41 bits per heavy atom. The molecule has 1 saturated heterocycles. The number of carbonyl (C=O) groups excluding carboxylic acids is 2. The van der Waals surface area contributed by atoms with Crippen molar-refractivity contribution in [3.8, 4) is 11.5 Å². The van der Waals surface area contributed by atoms with E-state index in [0.717, 1.165) is 5.56 Å². The van der Waals surface area contributed by atoms with Gasteiger partial charge in [0.25, 0.3) is 11.7 Å². The molecule has 1 atom stereocenters. The van der Waals surface area contributed by atoms with Gasteiger partial charge < -0.3 is 24.2 Å². The maximum Gasteiger partial charge on any atom is 0.295 e. The van der Waals surface area contributed by atoms with E-state index in [4.69, 9.17) is 14.2 Å². The average Bonchev–Trinajstić information content (AvgIpc) is 3.05. The molecule has 7 nitrogen and oxygen atoms in total. The second-order valence-electron chi connectivity index (χ2n) is 7.55. The Labute approximate surface area is 188 Å². The van der Waals surface area contributed by atoms with Crippen LogP contribution in [-0.4, -0.2) is 55.7 Å². The highest BCUT2D eigenvalue weighted by molar-refractivity contribution is 6.46. The molecule has 1 heterocycles. The van der Waals surface area contributed by atoms with Gasteiger partial charge in [-0.2, -0.15) is 0 Å². The van der Waals surface area contributed by atoms with Gasteiger partial charge in [-0.1, -0.05) is 35.9 Å². The third-order valence-corrected chi connectivity index (χ3v) is 5.42. The minimum Gasteiger partial charge on any atom is -0.507 e. The zero-order valence-corrected chi connectivity index (χ0v) is 18.9. The van der Waals surface area contributed by atoms with E-state index in [-0.39, 0.29) is 11.3 Å². The highest BCUT2D eigenvalue weighted by Gasteiger charge is 2.46. The van der Waals surface area contributed by atoms with E-state index in [0.29, 0.717) is 48.8 Å². The molecule has 0 aliphatic carbocycles. The van der Waals surface area contributed by atoms with Gasteiger partial charge in [0, 0.05) is 25.8 Å². The quantitative estimate of drug-likeness (QED) is 0.276. The van der Waals surface area contributed by atoms with Crippen molar-refractivity contribution >= 4 is 17.4 Å². The third-order valence-electron chi connectivity index (χ3n) is 5.42. The van der Waals surface area contributed by atoms with Crippen LogP contribution in [0.3, 0.4) is 0 Å². The molecule has 1 aliphatic rings. The Bertz CT molecular complexity index is 1010. The Morgan fingerprint density at radius 1 is 1.06 bits per heavy atom. The van der Waals surface area contributed by atoms with Crippen LogP contribution in [0.2, 0.25) is 0 Å². The molecule has 0 spiro atoms. The van der Waals surface area contributed by atoms with Crippen LogP contribution in [0.5, 0.6) is 11.5 Å². The van der Waals surface area contributed by atoms with Crippen LogP contribution in [0.4, 0.5) is 0 Å². The van der Waals surface area contributed by atoms with E-state index in [2.05, 4.69) is 0 Å². The fourth-order valence-electron chi connectivity index (χ4n) is 3.83. The Balaban J connectivity index is 2.14. The van der Waals surface area contributed by atoms with Crippen molar-refractivity contribution in [2.45, 2.75) is 26.3 Å². The molecule has 2 aromatic rings. The molecule has 0 bridgehead atoms. The topological polar surface area (TPSA) is 85.3 Å². The van der Waals surface area contributed by atoms with Crippen LogP contribution >= 0.6 is 0 Å². The molecule has 1 aliphatic heterocycles. The first-order chi connectivity index (χ1) is 15.4. The Morgan fingerprint density at radius 2 is 1.78 bits per heavy atom. The molecule has 170 valence electrons. The van der Waals surface area contributed by atoms with E-state index in [1.54, 1.807) is 37.4 Å². The predicted molar refractivity (Wildman–Crippen MR) is 121 cm³/mol. The lowest BCUT2D eigenvalue weighted by Crippen LogP contribution is -2.31. The molecule has 3 rings (SSSR count). The third kappa shape index (κ3) is 4.62. The first-order valence-electron chi connectivity index (χ1n) is 10.6. The summed E-state index contributed by atoms with van der Waals surface area (Å²) in [5.41, 5.74) is 2.21. The summed E-state index contributed by atoms with van der Waals surface area (Å²) >= 11 is 0. The van der Waals surface area contributed by atoms with Crippen LogP contribution in [0.15, 0.2) is 48.0 Å². The molecule has 32 heavy (non-hydrogen) atoms. The number of benzene rings is 2. The zero-order chi connectivity index (χ0) is 23.3. The lowest BCUT2D eigenvalue weighted by molar-refractivity contribution is -0.140. The lowest BCUT2D eigenvalue weighted by atomic mass is 9.94. The SMILES string of the molecule is CCOc1ccc(C2C(=C(O)c3ccc(C)cc3)C(=O)C(=O)N2CCCOC)cc1OC. The van der Waals surface area contributed by atoms with Crippen molar-refractivity contribution in [2.75, 3.05) is 34.0 Å². The number of hydrogen-bond acceptors (Lipinski definition) is 6. The summed E-state index contributed by atoms with van der Waals surface area (Å²) < 4.78 is 16.2. The van der Waals surface area contributed by atoms with Crippen LogP contribution < -0.4 is 9.47 Å². The molecule has 1 fully saturated rings. The fourth-order valence-corrected chi connectivity index (χ4v) is 3.83. The van der Waals surface area contributed by atoms with Crippen LogP contribution in [-0.2, 0) is 14.3 Å². The van der Waals surface area contributed by atoms with Crippen molar-refractivity contribution in [1.29, 1.82) is 0 Å². The van der Waals surface area contributed by atoms with Gasteiger partial charge in [-0.15, -0.1) is 0 Å². The van der Waals surface area contributed by atoms with Gasteiger partial charge in [0.2, 0.25) is 0 Å². The van der Waals surface area contributed by atoms with E-state index in [1.807, 2.05) is 26.0 Å². The van der Waals surface area contributed by atoms with Gasteiger partial charge in [-0.25, -0.2) is 0 Å². The predicted octanol–water partition coefficient (Wildman–Crippen LogP) is 3.86. The number of Topliss-reactive ketones (excluding diaryl/α,β-unsaturated/α-hetero) is 1. The average molecular weight is 440 g/mol. The van der Waals surface area contributed by atoms with E-state index in [9.17, 15) is 14.7 Å². The van der Waals surface area contributed by atoms with Crippen LogP contribution in [0, 0.1) is 6.92 Å². The largest absolute Gasteiger partial charge is 0.507 e. The van der Waals surface area contributed by atoms with Crippen molar-refractivity contribution < 1.29 is 28.9 Å². The number of aliphatic hydroxyl groups excluding tert-OH is 1. The molecule has 0 saturated carbocycles. The van der Waals surface area contributed by atoms with E-state index < -0.39 is 17.7 Å². The van der Waals surface area contributed by atoms with Crippen LogP contribution in [0.25, 0.3) is 5.76 Å². The molecule has 0 aromatic heterocycles. The number of ether oxygens (including phenoxy) is 3. The van der Waals surface area contributed by atoms with Crippen molar-refractivity contribution in [3.63, 3.8) is 0 Å². The Kier molecular flexibility index (Phi) is 7.53. The molecule has 1 unspecified atom stereocenters. The highest BCUT2D eigenvalue weighted by atomic mass is 16.5. The van der Waals surface area contributed by atoms with Gasteiger partial charge in [0.1, 0.15) is 5.76 Å². The van der Waals surface area contributed by atoms with E-state index >= 15 is 0 Å². The summed E-state index contributed by atoms with van der Waals surface area (Å²) in [4.78, 5) is 27.5. The van der Waals surface area contributed by atoms with Crippen molar-refractivity contribution in [1.82, 2.24) is 4.90 Å². The summed E-state index contributed by atoms with van der Waals surface area (Å²) in [7, 11) is 3.11. The summed E-state index contributed by atoms with van der Waals surface area (Å²) in [6, 6.07) is 11.7. The number of amides is 1. The van der Waals surface area contributed by atoms with Crippen LogP contribution in [0.1, 0.15) is 36.1 Å². The first-order valence-corrected chi connectivity index (χ1v) is 10.6. The summed E-state index contributed by atoms with van der Waals surface area (Å²) in [6.45, 7) is 5.03. The summed E-state index contributed by atoms with van der Waals surface area (Å²) in [6.07, 6.45) is 0.554. The molecule has 2 aromatic carbocycles. The molecular weight excluding hydrogens is 410 g/mol. The maximum atomic E-state index is 13.0. The molecule has 7 heteroatoms. The number of likely N-dealkylation sites (tertiary alicyclic amines) is 1. The fraction of sp³-hybridized carbons (Fsp3) is 0.360. The van der Waals surface area contributed by atoms with Gasteiger partial charge in [0.15, 0.2) is 11.5 Å². The minimum atomic E-state index is -0.752. The smallest absolute Gasteiger partial charge is 0.295 e. The molecule has 1 amide bonds. The minimum absolute atomic E-state index is 0.0579. The van der Waals surface area contributed by atoms with Gasteiger partial charge in [-0.3, -0.25) is 9.59 Å². The molecule has 1 N–H and O–H groups in total. The number of ketones is 1. The lowest BCUT2D eigenvalue weighted by Gasteiger charge is -2.26. The zero-order valence-electron chi connectivity index (χ0n) is 18.9. The van der Waals surface area contributed by atoms with E-state index in [1.165, 1.54) is 12.0 Å². The number of methoxy groups -OCH3 is 2. The number of rotatable bonds is 9. The number of nitrogens with zero attached hydrogens (tertiary/aromatic N) is 1.